The van der Waals surface area contributed by atoms with Crippen molar-refractivity contribution in [1.29, 1.82) is 0 Å². The molecule has 1 aliphatic rings. The first kappa shape index (κ1) is 19.6. The Hall–Kier alpha value is -2.18. The van der Waals surface area contributed by atoms with Crippen molar-refractivity contribution in [3.05, 3.63) is 59.1 Å². The summed E-state index contributed by atoms with van der Waals surface area (Å²) in [5.74, 6) is -1.00. The lowest BCUT2D eigenvalue weighted by atomic mass is 10.2. The minimum Gasteiger partial charge on any atom is -0.370 e. The first-order valence-corrected chi connectivity index (χ1v) is 9.37. The number of hydrogen-bond acceptors (Lipinski definition) is 3. The Kier molecular flexibility index (Phi) is 6.63. The fourth-order valence-electron chi connectivity index (χ4n) is 3.17. The molecule has 144 valence electrons. The average Bonchev–Trinajstić information content (AvgIpc) is 2.89. The van der Waals surface area contributed by atoms with E-state index in [0.717, 1.165) is 38.3 Å². The lowest BCUT2D eigenvalue weighted by Crippen LogP contribution is -2.32. The highest BCUT2D eigenvalue weighted by molar-refractivity contribution is 6.30. The smallest absolute Gasteiger partial charge is 0.225 e. The van der Waals surface area contributed by atoms with Crippen molar-refractivity contribution in [3.63, 3.8) is 0 Å². The van der Waals surface area contributed by atoms with Gasteiger partial charge in [-0.25, -0.2) is 8.78 Å². The Balaban J connectivity index is 1.47. The van der Waals surface area contributed by atoms with Crippen molar-refractivity contribution in [3.8, 4) is 0 Å². The molecule has 0 aromatic heterocycles. The quantitative estimate of drug-likeness (QED) is 0.828. The molecule has 2 aromatic carbocycles. The first-order valence-electron chi connectivity index (χ1n) is 8.99. The van der Waals surface area contributed by atoms with Crippen molar-refractivity contribution in [2.24, 2.45) is 0 Å². The molecule has 1 amide bonds. The highest BCUT2D eigenvalue weighted by Crippen LogP contribution is 2.19. The molecule has 27 heavy (non-hydrogen) atoms. The molecule has 3 rings (SSSR count). The summed E-state index contributed by atoms with van der Waals surface area (Å²) in [7, 11) is 0. The van der Waals surface area contributed by atoms with E-state index in [2.05, 4.69) is 15.1 Å². The van der Waals surface area contributed by atoms with Crippen LogP contribution < -0.4 is 10.2 Å². The summed E-state index contributed by atoms with van der Waals surface area (Å²) in [4.78, 5) is 16.6. The lowest BCUT2D eigenvalue weighted by molar-refractivity contribution is -0.116. The molecular formula is C20H22ClF2N3O. The molecule has 1 heterocycles. The number of benzene rings is 2. The molecule has 0 unspecified atom stereocenters. The van der Waals surface area contributed by atoms with Crippen LogP contribution in [0.5, 0.6) is 0 Å². The van der Waals surface area contributed by atoms with Crippen LogP contribution in [0, 0.1) is 11.6 Å². The molecule has 1 fully saturated rings. The maximum Gasteiger partial charge on any atom is 0.225 e. The average molecular weight is 394 g/mol. The van der Waals surface area contributed by atoms with Crippen molar-refractivity contribution in [2.45, 2.75) is 12.8 Å². The van der Waals surface area contributed by atoms with Gasteiger partial charge in [0.15, 0.2) is 0 Å². The van der Waals surface area contributed by atoms with Crippen LogP contribution in [-0.4, -0.2) is 43.5 Å². The summed E-state index contributed by atoms with van der Waals surface area (Å²) >= 11 is 5.71. The van der Waals surface area contributed by atoms with E-state index in [9.17, 15) is 13.6 Å². The standard InChI is InChI=1S/C20H22ClF2N3O/c21-15-2-7-19(18(23)14-15)24-20(27)8-11-25-9-1-10-26(13-12-25)17-5-3-16(22)4-6-17/h2-7,14H,1,8-13H2,(H,24,27). The number of nitrogens with zero attached hydrogens (tertiary/aromatic N) is 2. The molecule has 1 N–H and O–H groups in total. The van der Waals surface area contributed by atoms with Crippen molar-refractivity contribution in [1.82, 2.24) is 4.90 Å². The topological polar surface area (TPSA) is 35.6 Å². The van der Waals surface area contributed by atoms with E-state index in [-0.39, 0.29) is 17.4 Å². The molecule has 4 nitrogen and oxygen atoms in total. The van der Waals surface area contributed by atoms with Gasteiger partial charge in [0.2, 0.25) is 5.91 Å². The lowest BCUT2D eigenvalue weighted by Gasteiger charge is -2.23. The summed E-state index contributed by atoms with van der Waals surface area (Å²) in [5.41, 5.74) is 1.15. The molecule has 2 aromatic rings. The summed E-state index contributed by atoms with van der Waals surface area (Å²) in [6.45, 7) is 4.03. The Morgan fingerprint density at radius 1 is 1.04 bits per heavy atom. The molecular weight excluding hydrogens is 372 g/mol. The third-order valence-electron chi connectivity index (χ3n) is 4.64. The number of halogens is 3. The molecule has 0 radical (unpaired) electrons. The van der Waals surface area contributed by atoms with E-state index in [1.54, 1.807) is 18.2 Å². The van der Waals surface area contributed by atoms with Crippen LogP contribution in [0.4, 0.5) is 20.2 Å². The Bertz CT molecular complexity index is 785. The molecule has 7 heteroatoms. The zero-order valence-electron chi connectivity index (χ0n) is 14.9. The van der Waals surface area contributed by atoms with Crippen LogP contribution in [0.2, 0.25) is 5.02 Å². The maximum atomic E-state index is 13.8. The monoisotopic (exact) mass is 393 g/mol. The highest BCUT2D eigenvalue weighted by Gasteiger charge is 2.16. The van der Waals surface area contributed by atoms with E-state index in [1.807, 2.05) is 0 Å². The third kappa shape index (κ3) is 5.65. The number of anilines is 2. The fourth-order valence-corrected chi connectivity index (χ4v) is 3.33. The maximum absolute atomic E-state index is 13.8. The van der Waals surface area contributed by atoms with Crippen LogP contribution >= 0.6 is 11.6 Å². The second-order valence-corrected chi connectivity index (χ2v) is 7.02. The van der Waals surface area contributed by atoms with E-state index in [4.69, 9.17) is 11.6 Å². The largest absolute Gasteiger partial charge is 0.370 e. The predicted molar refractivity (Wildman–Crippen MR) is 104 cm³/mol. The normalized spacial score (nSPS) is 15.4. The van der Waals surface area contributed by atoms with Gasteiger partial charge >= 0.3 is 0 Å². The minimum atomic E-state index is -0.541. The van der Waals surface area contributed by atoms with Crippen LogP contribution in [0.3, 0.4) is 0 Å². The predicted octanol–water partition coefficient (Wildman–Crippen LogP) is 4.16. The molecule has 0 atom stereocenters. The molecule has 0 spiro atoms. The molecule has 1 saturated heterocycles. The van der Waals surface area contributed by atoms with Crippen LogP contribution in [0.1, 0.15) is 12.8 Å². The Labute approximate surface area is 162 Å². The van der Waals surface area contributed by atoms with Crippen LogP contribution in [0.25, 0.3) is 0 Å². The number of carbonyl (C=O) groups is 1. The summed E-state index contributed by atoms with van der Waals surface area (Å²) < 4.78 is 26.8. The van der Waals surface area contributed by atoms with E-state index in [0.29, 0.717) is 18.0 Å². The van der Waals surface area contributed by atoms with E-state index < -0.39 is 5.82 Å². The van der Waals surface area contributed by atoms with Crippen LogP contribution in [0.15, 0.2) is 42.5 Å². The van der Waals surface area contributed by atoms with Crippen LogP contribution in [-0.2, 0) is 4.79 Å². The molecule has 0 aliphatic carbocycles. The minimum absolute atomic E-state index is 0.141. The van der Waals surface area contributed by atoms with Crippen molar-refractivity contribution >= 4 is 28.9 Å². The number of nitrogens with one attached hydrogen (secondary N) is 1. The second kappa shape index (κ2) is 9.15. The van der Waals surface area contributed by atoms with Gasteiger partial charge in [0.05, 0.1) is 5.69 Å². The third-order valence-corrected chi connectivity index (χ3v) is 4.88. The van der Waals surface area contributed by atoms with Gasteiger partial charge in [0, 0.05) is 43.3 Å². The zero-order chi connectivity index (χ0) is 19.2. The Morgan fingerprint density at radius 3 is 2.56 bits per heavy atom. The molecule has 1 aliphatic heterocycles. The van der Waals surface area contributed by atoms with Gasteiger partial charge in [0.25, 0.3) is 0 Å². The number of amides is 1. The number of hydrogen-bond donors (Lipinski definition) is 1. The second-order valence-electron chi connectivity index (χ2n) is 6.58. The van der Waals surface area contributed by atoms with Gasteiger partial charge in [-0.2, -0.15) is 0 Å². The van der Waals surface area contributed by atoms with Crippen molar-refractivity contribution < 1.29 is 13.6 Å². The molecule has 0 saturated carbocycles. The molecule has 0 bridgehead atoms. The van der Waals surface area contributed by atoms with Crippen molar-refractivity contribution in [2.75, 3.05) is 42.9 Å². The number of carbonyl (C=O) groups excluding carboxylic acids is 1. The van der Waals surface area contributed by atoms with Gasteiger partial charge in [-0.3, -0.25) is 4.79 Å². The first-order chi connectivity index (χ1) is 13.0. The van der Waals surface area contributed by atoms with Gasteiger partial charge in [-0.15, -0.1) is 0 Å². The highest BCUT2D eigenvalue weighted by atomic mass is 35.5. The zero-order valence-corrected chi connectivity index (χ0v) is 15.7. The summed E-state index contributed by atoms with van der Waals surface area (Å²) in [5, 5.41) is 2.88. The summed E-state index contributed by atoms with van der Waals surface area (Å²) in [6.07, 6.45) is 1.25. The SMILES string of the molecule is O=C(CCN1CCCN(c2ccc(F)cc2)CC1)Nc1ccc(Cl)cc1F. The van der Waals surface area contributed by atoms with Gasteiger partial charge in [0.1, 0.15) is 11.6 Å². The van der Waals surface area contributed by atoms with Gasteiger partial charge < -0.3 is 15.1 Å². The van der Waals surface area contributed by atoms with Gasteiger partial charge in [-0.1, -0.05) is 11.6 Å². The fraction of sp³-hybridized carbons (Fsp3) is 0.350. The van der Waals surface area contributed by atoms with E-state index >= 15 is 0 Å². The van der Waals surface area contributed by atoms with E-state index in [1.165, 1.54) is 24.3 Å². The number of rotatable bonds is 5. The Morgan fingerprint density at radius 2 is 1.81 bits per heavy atom. The summed E-state index contributed by atoms with van der Waals surface area (Å²) in [6, 6.07) is 10.7. The van der Waals surface area contributed by atoms with Gasteiger partial charge in [-0.05, 0) is 55.4 Å².